The molecule has 0 radical (unpaired) electrons. The van der Waals surface area contributed by atoms with Crippen LogP contribution in [0.2, 0.25) is 0 Å². The summed E-state index contributed by atoms with van der Waals surface area (Å²) in [7, 11) is 0. The van der Waals surface area contributed by atoms with Crippen molar-refractivity contribution in [1.29, 1.82) is 0 Å². The number of nitrogens with two attached hydrogens (primary N) is 1. The van der Waals surface area contributed by atoms with Crippen LogP contribution in [-0.4, -0.2) is 27.3 Å². The van der Waals surface area contributed by atoms with E-state index in [1.807, 2.05) is 18.2 Å². The summed E-state index contributed by atoms with van der Waals surface area (Å²) >= 11 is 0. The Morgan fingerprint density at radius 1 is 1.50 bits per heavy atom. The van der Waals surface area contributed by atoms with E-state index in [0.29, 0.717) is 16.6 Å². The number of hydrogen-bond donors (Lipinski definition) is 2. The average molecular weight is 297 g/mol. The quantitative estimate of drug-likeness (QED) is 0.502. The highest BCUT2D eigenvalue weighted by molar-refractivity contribution is 5.71. The van der Waals surface area contributed by atoms with E-state index in [1.165, 1.54) is 0 Å². The van der Waals surface area contributed by atoms with Gasteiger partial charge in [0.15, 0.2) is 0 Å². The van der Waals surface area contributed by atoms with E-state index in [4.69, 9.17) is 16.6 Å². The molecule has 0 aliphatic rings. The maximum Gasteiger partial charge on any atom is 0.339 e. The molecule has 0 aromatic carbocycles. The Hall–Kier alpha value is -3.04. The van der Waals surface area contributed by atoms with Crippen LogP contribution in [0.15, 0.2) is 41.1 Å². The molecule has 2 rings (SSSR count). The zero-order chi connectivity index (χ0) is 15.9. The summed E-state index contributed by atoms with van der Waals surface area (Å²) in [5.74, 6) is 3.45. The summed E-state index contributed by atoms with van der Waals surface area (Å²) in [5, 5.41) is 9.77. The number of hydroxylamine groups is 2. The van der Waals surface area contributed by atoms with E-state index in [1.54, 1.807) is 30.6 Å². The van der Waals surface area contributed by atoms with Gasteiger partial charge >= 0.3 is 6.03 Å². The lowest BCUT2D eigenvalue weighted by Gasteiger charge is -2.18. The molecule has 1 unspecified atom stereocenters. The van der Waals surface area contributed by atoms with Crippen LogP contribution in [-0.2, 0) is 6.42 Å². The van der Waals surface area contributed by atoms with Crippen molar-refractivity contribution >= 4 is 18.2 Å². The number of carbonyl (C=O) groups is 1. The Morgan fingerprint density at radius 2 is 2.32 bits per heavy atom. The van der Waals surface area contributed by atoms with Gasteiger partial charge in [0.2, 0.25) is 0 Å². The third-order valence-electron chi connectivity index (χ3n) is 2.91. The molecule has 6 heteroatoms. The van der Waals surface area contributed by atoms with Crippen LogP contribution in [0.4, 0.5) is 4.79 Å². The Labute approximate surface area is 127 Å². The monoisotopic (exact) mass is 297 g/mol. The zero-order valence-electron chi connectivity index (χ0n) is 11.7. The molecule has 0 bridgehead atoms. The number of terminal acetylenes is 1. The largest absolute Gasteiger partial charge is 0.462 e. The lowest BCUT2D eigenvalue weighted by Crippen LogP contribution is -2.41. The lowest BCUT2D eigenvalue weighted by atomic mass is 10.2. The van der Waals surface area contributed by atoms with Gasteiger partial charge in [0, 0.05) is 18.8 Å². The first-order valence-electron chi connectivity index (χ1n) is 6.50. The average Bonchev–Trinajstić information content (AvgIpc) is 2.98. The SMILES string of the molecule is C#CC(Cc1ccc(/C=C/c2cccnc2)o1)N(O)C(N)=O. The number of furan rings is 1. The zero-order valence-corrected chi connectivity index (χ0v) is 11.7. The summed E-state index contributed by atoms with van der Waals surface area (Å²) in [6.07, 6.45) is 12.5. The summed E-state index contributed by atoms with van der Waals surface area (Å²) in [4.78, 5) is 14.9. The van der Waals surface area contributed by atoms with Crippen LogP contribution >= 0.6 is 0 Å². The molecule has 2 aromatic heterocycles. The molecular weight excluding hydrogens is 282 g/mol. The molecular formula is C16H15N3O3. The van der Waals surface area contributed by atoms with Gasteiger partial charge in [-0.3, -0.25) is 10.2 Å². The number of urea groups is 1. The number of rotatable bonds is 5. The molecule has 1 atom stereocenters. The fraction of sp³-hybridized carbons (Fsp3) is 0.125. The maximum absolute atomic E-state index is 10.9. The Bertz CT molecular complexity index is 701. The summed E-state index contributed by atoms with van der Waals surface area (Å²) in [6, 6.07) is 5.36. The second-order valence-corrected chi connectivity index (χ2v) is 4.49. The van der Waals surface area contributed by atoms with Crippen molar-refractivity contribution in [2.45, 2.75) is 12.5 Å². The number of aromatic nitrogens is 1. The van der Waals surface area contributed by atoms with Crippen molar-refractivity contribution in [3.63, 3.8) is 0 Å². The van der Waals surface area contributed by atoms with Gasteiger partial charge in [0.1, 0.15) is 17.6 Å². The smallest absolute Gasteiger partial charge is 0.339 e. The number of primary amides is 1. The highest BCUT2D eigenvalue weighted by atomic mass is 16.5. The Balaban J connectivity index is 2.04. The number of nitrogens with zero attached hydrogens (tertiary/aromatic N) is 2. The number of carbonyl (C=O) groups excluding carboxylic acids is 1. The third-order valence-corrected chi connectivity index (χ3v) is 2.91. The second kappa shape index (κ2) is 7.11. The normalized spacial score (nSPS) is 12.0. The van der Waals surface area contributed by atoms with E-state index in [9.17, 15) is 10.0 Å². The molecule has 112 valence electrons. The van der Waals surface area contributed by atoms with Crippen LogP contribution in [0.1, 0.15) is 17.1 Å². The predicted octanol–water partition coefficient (Wildman–Crippen LogP) is 2.16. The van der Waals surface area contributed by atoms with E-state index in [-0.39, 0.29) is 6.42 Å². The molecule has 0 aliphatic carbocycles. The first-order chi connectivity index (χ1) is 10.6. The Kier molecular flexibility index (Phi) is 4.96. The standard InChI is InChI=1S/C16H15N3O3/c1-2-13(19(21)16(17)20)10-15-8-7-14(22-15)6-5-12-4-3-9-18-11-12/h1,3-9,11,13,21H,10H2,(H2,17,20)/b6-5+. The highest BCUT2D eigenvalue weighted by Crippen LogP contribution is 2.14. The topological polar surface area (TPSA) is 92.6 Å². The summed E-state index contributed by atoms with van der Waals surface area (Å²) < 4.78 is 5.57. The Morgan fingerprint density at radius 3 is 2.95 bits per heavy atom. The van der Waals surface area contributed by atoms with Gasteiger partial charge < -0.3 is 10.2 Å². The van der Waals surface area contributed by atoms with Crippen LogP contribution in [0, 0.1) is 12.3 Å². The number of amides is 2. The molecule has 2 heterocycles. The van der Waals surface area contributed by atoms with Crippen molar-refractivity contribution < 1.29 is 14.4 Å². The molecule has 0 spiro atoms. The molecule has 0 saturated carbocycles. The fourth-order valence-corrected chi connectivity index (χ4v) is 1.81. The lowest BCUT2D eigenvalue weighted by molar-refractivity contribution is -0.0591. The molecule has 2 aromatic rings. The third kappa shape index (κ3) is 3.98. The molecule has 6 nitrogen and oxygen atoms in total. The molecule has 22 heavy (non-hydrogen) atoms. The highest BCUT2D eigenvalue weighted by Gasteiger charge is 2.19. The van der Waals surface area contributed by atoms with Crippen molar-refractivity contribution in [1.82, 2.24) is 10.0 Å². The minimum atomic E-state index is -1.01. The van der Waals surface area contributed by atoms with Crippen molar-refractivity contribution in [2.24, 2.45) is 5.73 Å². The minimum absolute atomic E-state index is 0.163. The van der Waals surface area contributed by atoms with Crippen LogP contribution < -0.4 is 5.73 Å². The van der Waals surface area contributed by atoms with Crippen LogP contribution in [0.3, 0.4) is 0 Å². The molecule has 0 saturated heterocycles. The second-order valence-electron chi connectivity index (χ2n) is 4.49. The van der Waals surface area contributed by atoms with Gasteiger partial charge in [-0.05, 0) is 35.9 Å². The van der Waals surface area contributed by atoms with E-state index >= 15 is 0 Å². The van der Waals surface area contributed by atoms with Gasteiger partial charge in [-0.15, -0.1) is 6.42 Å². The first kappa shape index (κ1) is 15.4. The summed E-state index contributed by atoms with van der Waals surface area (Å²) in [6.45, 7) is 0. The van der Waals surface area contributed by atoms with Gasteiger partial charge in [-0.1, -0.05) is 12.0 Å². The van der Waals surface area contributed by atoms with Gasteiger partial charge in [-0.2, -0.15) is 5.06 Å². The van der Waals surface area contributed by atoms with Crippen molar-refractivity contribution in [3.8, 4) is 12.3 Å². The minimum Gasteiger partial charge on any atom is -0.462 e. The number of hydrogen-bond acceptors (Lipinski definition) is 4. The van der Waals surface area contributed by atoms with Gasteiger partial charge in [-0.25, -0.2) is 4.79 Å². The van der Waals surface area contributed by atoms with Gasteiger partial charge in [0.25, 0.3) is 0 Å². The first-order valence-corrected chi connectivity index (χ1v) is 6.50. The molecule has 0 aliphatic heterocycles. The number of pyridine rings is 1. The maximum atomic E-state index is 10.9. The molecule has 0 fully saturated rings. The fourth-order valence-electron chi connectivity index (χ4n) is 1.81. The van der Waals surface area contributed by atoms with Crippen LogP contribution in [0.5, 0.6) is 0 Å². The van der Waals surface area contributed by atoms with E-state index in [2.05, 4.69) is 10.9 Å². The van der Waals surface area contributed by atoms with E-state index < -0.39 is 12.1 Å². The molecule has 3 N–H and O–H groups in total. The summed E-state index contributed by atoms with van der Waals surface area (Å²) in [5.41, 5.74) is 5.92. The predicted molar refractivity (Wildman–Crippen MR) is 81.4 cm³/mol. The van der Waals surface area contributed by atoms with Gasteiger partial charge in [0.05, 0.1) is 0 Å². The van der Waals surface area contributed by atoms with Crippen molar-refractivity contribution in [2.75, 3.05) is 0 Å². The van der Waals surface area contributed by atoms with Crippen LogP contribution in [0.25, 0.3) is 12.2 Å². The molecule has 2 amide bonds. The van der Waals surface area contributed by atoms with E-state index in [0.717, 1.165) is 5.56 Å². The van der Waals surface area contributed by atoms with Crippen molar-refractivity contribution in [3.05, 3.63) is 53.7 Å².